The molecule has 1 aromatic heterocycles. The van der Waals surface area contributed by atoms with Crippen LogP contribution in [-0.4, -0.2) is 36.5 Å². The first-order valence-electron chi connectivity index (χ1n) is 9.94. The van der Waals surface area contributed by atoms with Gasteiger partial charge in [-0.1, -0.05) is 12.8 Å². The van der Waals surface area contributed by atoms with E-state index in [1.807, 2.05) is 38.1 Å². The number of nitrogens with one attached hydrogen (secondary N) is 1. The van der Waals surface area contributed by atoms with E-state index in [9.17, 15) is 4.79 Å². The van der Waals surface area contributed by atoms with E-state index in [0.29, 0.717) is 12.1 Å². The van der Waals surface area contributed by atoms with Crippen LogP contribution in [0.1, 0.15) is 61.5 Å². The predicted octanol–water partition coefficient (Wildman–Crippen LogP) is 4.88. The number of amides is 1. The topological polar surface area (TPSA) is 41.6 Å². The third-order valence-corrected chi connectivity index (χ3v) is 5.66. The number of rotatable bonds is 7. The van der Waals surface area contributed by atoms with Crippen LogP contribution in [0.5, 0.6) is 5.75 Å². The molecule has 0 saturated carbocycles. The number of likely N-dealkylation sites (tertiary alicyclic amines) is 1. The lowest BCUT2D eigenvalue weighted by Gasteiger charge is -2.30. The predicted molar refractivity (Wildman–Crippen MR) is 112 cm³/mol. The molecule has 1 aliphatic heterocycles. The summed E-state index contributed by atoms with van der Waals surface area (Å²) in [6, 6.07) is 9.82. The van der Waals surface area contributed by atoms with Gasteiger partial charge in [-0.3, -0.25) is 9.69 Å². The molecule has 1 atom stereocenters. The van der Waals surface area contributed by atoms with Gasteiger partial charge in [-0.05, 0) is 86.4 Å². The number of benzene rings is 1. The fraction of sp³-hybridized carbons (Fsp3) is 0.500. The van der Waals surface area contributed by atoms with Gasteiger partial charge in [0.05, 0.1) is 12.1 Å². The summed E-state index contributed by atoms with van der Waals surface area (Å²) in [4.78, 5) is 15.2. The van der Waals surface area contributed by atoms with Gasteiger partial charge in [-0.2, -0.15) is 11.3 Å². The summed E-state index contributed by atoms with van der Waals surface area (Å²) in [7, 11) is 0. The van der Waals surface area contributed by atoms with Crippen LogP contribution in [0.15, 0.2) is 41.1 Å². The molecule has 3 rings (SSSR count). The van der Waals surface area contributed by atoms with Crippen LogP contribution in [0, 0.1) is 0 Å². The smallest absolute Gasteiger partial charge is 0.251 e. The molecule has 1 saturated heterocycles. The quantitative estimate of drug-likeness (QED) is 0.737. The summed E-state index contributed by atoms with van der Waals surface area (Å²) in [5.41, 5.74) is 1.98. The van der Waals surface area contributed by atoms with Crippen molar-refractivity contribution >= 4 is 17.2 Å². The first kappa shape index (κ1) is 19.9. The number of carbonyl (C=O) groups is 1. The fourth-order valence-corrected chi connectivity index (χ4v) is 4.28. The molecular formula is C22H30N2O2S. The van der Waals surface area contributed by atoms with E-state index >= 15 is 0 Å². The highest BCUT2D eigenvalue weighted by molar-refractivity contribution is 7.07. The molecule has 0 aliphatic carbocycles. The van der Waals surface area contributed by atoms with Crippen LogP contribution in [0.4, 0.5) is 0 Å². The van der Waals surface area contributed by atoms with Crippen molar-refractivity contribution in [1.82, 2.24) is 10.2 Å². The molecule has 4 nitrogen and oxygen atoms in total. The van der Waals surface area contributed by atoms with Crippen LogP contribution >= 0.6 is 11.3 Å². The first-order chi connectivity index (χ1) is 13.1. The van der Waals surface area contributed by atoms with Gasteiger partial charge in [0.1, 0.15) is 5.75 Å². The molecule has 5 heteroatoms. The second-order valence-corrected chi connectivity index (χ2v) is 8.20. The van der Waals surface area contributed by atoms with Crippen LogP contribution in [0.25, 0.3) is 0 Å². The maximum absolute atomic E-state index is 12.6. The van der Waals surface area contributed by atoms with E-state index in [1.165, 1.54) is 31.2 Å². The molecule has 1 aromatic carbocycles. The average molecular weight is 387 g/mol. The SMILES string of the molecule is CC(C)Oc1ccc(C(=O)NC[C@@H](c2ccsc2)N2CCCCCC2)cc1. The number of thiophene rings is 1. The highest BCUT2D eigenvalue weighted by Crippen LogP contribution is 2.25. The number of ether oxygens (including phenoxy) is 1. The van der Waals surface area contributed by atoms with Crippen molar-refractivity contribution in [1.29, 1.82) is 0 Å². The van der Waals surface area contributed by atoms with Gasteiger partial charge in [0.2, 0.25) is 0 Å². The molecular weight excluding hydrogens is 356 g/mol. The standard InChI is InChI=1S/C22H30N2O2S/c1-17(2)26-20-9-7-18(8-10-20)22(25)23-15-21(19-11-14-27-16-19)24-12-5-3-4-6-13-24/h7-11,14,16-17,21H,3-6,12-13,15H2,1-2H3,(H,23,25)/t21-/m0/s1. The molecule has 0 spiro atoms. The average Bonchev–Trinajstić information content (AvgIpc) is 3.05. The van der Waals surface area contributed by atoms with E-state index in [2.05, 4.69) is 27.0 Å². The molecule has 2 aromatic rings. The Hall–Kier alpha value is -1.85. The second kappa shape index (κ2) is 9.90. The van der Waals surface area contributed by atoms with Crippen LogP contribution in [0.3, 0.4) is 0 Å². The van der Waals surface area contributed by atoms with Gasteiger partial charge >= 0.3 is 0 Å². The molecule has 27 heavy (non-hydrogen) atoms. The Morgan fingerprint density at radius 1 is 1.11 bits per heavy atom. The van der Waals surface area contributed by atoms with Crippen molar-refractivity contribution in [2.45, 2.75) is 51.7 Å². The summed E-state index contributed by atoms with van der Waals surface area (Å²) < 4.78 is 5.65. The Balaban J connectivity index is 1.63. The molecule has 0 unspecified atom stereocenters. The third-order valence-electron chi connectivity index (χ3n) is 4.95. The van der Waals surface area contributed by atoms with Crippen LogP contribution in [-0.2, 0) is 0 Å². The summed E-state index contributed by atoms with van der Waals surface area (Å²) in [5.74, 6) is 0.767. The van der Waals surface area contributed by atoms with Crippen molar-refractivity contribution in [2.75, 3.05) is 19.6 Å². The van der Waals surface area contributed by atoms with Crippen molar-refractivity contribution in [2.24, 2.45) is 0 Å². The molecule has 0 radical (unpaired) electrons. The van der Waals surface area contributed by atoms with Crippen molar-refractivity contribution in [3.05, 3.63) is 52.2 Å². The summed E-state index contributed by atoms with van der Waals surface area (Å²) >= 11 is 1.72. The highest BCUT2D eigenvalue weighted by Gasteiger charge is 2.22. The van der Waals surface area contributed by atoms with E-state index in [-0.39, 0.29) is 18.1 Å². The van der Waals surface area contributed by atoms with Crippen molar-refractivity contribution in [3.8, 4) is 5.75 Å². The minimum absolute atomic E-state index is 0.0267. The minimum atomic E-state index is -0.0267. The first-order valence-corrected chi connectivity index (χ1v) is 10.9. The van der Waals surface area contributed by atoms with Gasteiger partial charge in [-0.15, -0.1) is 0 Å². The van der Waals surface area contributed by atoms with E-state index in [1.54, 1.807) is 11.3 Å². The zero-order chi connectivity index (χ0) is 19.1. The Bertz CT molecular complexity index is 690. The lowest BCUT2D eigenvalue weighted by molar-refractivity contribution is 0.0933. The highest BCUT2D eigenvalue weighted by atomic mass is 32.1. The Kier molecular flexibility index (Phi) is 7.30. The van der Waals surface area contributed by atoms with E-state index in [0.717, 1.165) is 18.8 Å². The Morgan fingerprint density at radius 2 is 1.81 bits per heavy atom. The fourth-order valence-electron chi connectivity index (χ4n) is 3.58. The number of nitrogens with zero attached hydrogens (tertiary/aromatic N) is 1. The lowest BCUT2D eigenvalue weighted by Crippen LogP contribution is -2.38. The summed E-state index contributed by atoms with van der Waals surface area (Å²) in [6.07, 6.45) is 5.23. The molecule has 1 N–H and O–H groups in total. The molecule has 2 heterocycles. The molecule has 1 fully saturated rings. The lowest BCUT2D eigenvalue weighted by atomic mass is 10.1. The summed E-state index contributed by atoms with van der Waals surface area (Å²) in [6.45, 7) is 6.84. The zero-order valence-corrected chi connectivity index (χ0v) is 17.1. The van der Waals surface area contributed by atoms with Gasteiger partial charge < -0.3 is 10.1 Å². The normalized spacial score (nSPS) is 16.7. The van der Waals surface area contributed by atoms with E-state index < -0.39 is 0 Å². The largest absolute Gasteiger partial charge is 0.491 e. The van der Waals surface area contributed by atoms with Crippen molar-refractivity contribution in [3.63, 3.8) is 0 Å². The third kappa shape index (κ3) is 5.81. The number of hydrogen-bond donors (Lipinski definition) is 1. The minimum Gasteiger partial charge on any atom is -0.491 e. The maximum Gasteiger partial charge on any atom is 0.251 e. The van der Waals surface area contributed by atoms with Gasteiger partial charge in [-0.25, -0.2) is 0 Å². The Morgan fingerprint density at radius 3 is 2.41 bits per heavy atom. The van der Waals surface area contributed by atoms with Crippen LogP contribution < -0.4 is 10.1 Å². The van der Waals surface area contributed by atoms with E-state index in [4.69, 9.17) is 4.74 Å². The van der Waals surface area contributed by atoms with Gasteiger partial charge in [0.15, 0.2) is 0 Å². The monoisotopic (exact) mass is 386 g/mol. The molecule has 1 amide bonds. The van der Waals surface area contributed by atoms with Crippen molar-refractivity contribution < 1.29 is 9.53 Å². The number of carbonyl (C=O) groups excluding carboxylic acids is 1. The Labute approximate surface area is 166 Å². The molecule has 146 valence electrons. The van der Waals surface area contributed by atoms with Gasteiger partial charge in [0.25, 0.3) is 5.91 Å². The zero-order valence-electron chi connectivity index (χ0n) is 16.3. The number of hydrogen-bond acceptors (Lipinski definition) is 4. The summed E-state index contributed by atoms with van der Waals surface area (Å²) in [5, 5.41) is 7.48. The molecule has 1 aliphatic rings. The maximum atomic E-state index is 12.6. The molecule has 0 bridgehead atoms. The van der Waals surface area contributed by atoms with Gasteiger partial charge in [0, 0.05) is 12.1 Å². The van der Waals surface area contributed by atoms with Crippen LogP contribution in [0.2, 0.25) is 0 Å². The second-order valence-electron chi connectivity index (χ2n) is 7.42.